The summed E-state index contributed by atoms with van der Waals surface area (Å²) in [5.41, 5.74) is 0. The smallest absolute Gasteiger partial charge is 0.264 e. The van der Waals surface area contributed by atoms with Crippen LogP contribution in [0.15, 0.2) is 0 Å². The minimum atomic E-state index is -4.53. The molecule has 0 fully saturated rings. The van der Waals surface area contributed by atoms with Gasteiger partial charge in [-0.2, -0.15) is 8.42 Å². The summed E-state index contributed by atoms with van der Waals surface area (Å²) in [5, 5.41) is 1.73. The van der Waals surface area contributed by atoms with Gasteiger partial charge in [-0.25, -0.2) is 0 Å². The largest absolute Gasteiger partial charge is 0.356 e. The molecular formula is C5H11NO4S. The zero-order chi connectivity index (χ0) is 13.2. The lowest BCUT2D eigenvalue weighted by molar-refractivity contribution is -0.118. The zero-order valence-corrected chi connectivity index (χ0v) is 6.31. The first-order valence-corrected chi connectivity index (χ1v) is 4.18. The van der Waals surface area contributed by atoms with E-state index in [1.807, 2.05) is 0 Å². The molecule has 1 amide bonds. The van der Waals surface area contributed by atoms with Crippen molar-refractivity contribution in [2.75, 3.05) is 12.3 Å². The van der Waals surface area contributed by atoms with Gasteiger partial charge in [-0.05, 0) is 6.37 Å². The fraction of sp³-hybridized carbons (Fsp3) is 0.800. The Morgan fingerprint density at radius 1 is 1.82 bits per heavy atom. The van der Waals surface area contributed by atoms with Gasteiger partial charge in [0.25, 0.3) is 10.1 Å². The Morgan fingerprint density at radius 3 is 2.91 bits per heavy atom. The summed E-state index contributed by atoms with van der Waals surface area (Å²) in [6.07, 6.45) is -2.44. The maximum atomic E-state index is 10.8. The lowest BCUT2D eigenvalue weighted by Gasteiger charge is -1.98. The van der Waals surface area contributed by atoms with Crippen LogP contribution in [0.25, 0.3) is 0 Å². The third-order valence-electron chi connectivity index (χ3n) is 0.658. The number of nitrogens with one attached hydrogen (secondary N) is 1. The highest BCUT2D eigenvalue weighted by Gasteiger charge is 2.02. The molecule has 0 atom stereocenters. The molecule has 5 nitrogen and oxygen atoms in total. The van der Waals surface area contributed by atoms with Crippen LogP contribution < -0.4 is 5.32 Å². The van der Waals surface area contributed by atoms with E-state index in [1.54, 1.807) is 5.32 Å². The topological polar surface area (TPSA) is 83.5 Å². The molecule has 6 heteroatoms. The van der Waals surface area contributed by atoms with E-state index in [9.17, 15) is 13.2 Å². The molecule has 0 aromatic carbocycles. The lowest BCUT2D eigenvalue weighted by Crippen LogP contribution is -2.22. The minimum absolute atomic E-state index is 0.815. The van der Waals surface area contributed by atoms with Crippen LogP contribution in [0.5, 0.6) is 0 Å². The van der Waals surface area contributed by atoms with E-state index in [0.29, 0.717) is 0 Å². The maximum absolute atomic E-state index is 10.8. The predicted molar refractivity (Wildman–Crippen MR) is 39.7 cm³/mol. The number of hydrogen-bond acceptors (Lipinski definition) is 3. The van der Waals surface area contributed by atoms with Gasteiger partial charge in [-0.3, -0.25) is 9.35 Å². The Labute approximate surface area is 72.6 Å². The first-order valence-electron chi connectivity index (χ1n) is 5.07. The van der Waals surface area contributed by atoms with Gasteiger partial charge in [-0.1, -0.05) is 0 Å². The van der Waals surface area contributed by atoms with Crippen LogP contribution in [-0.2, 0) is 14.9 Å². The van der Waals surface area contributed by atoms with Gasteiger partial charge in [0, 0.05) is 20.3 Å². The Hall–Kier alpha value is -0.620. The zero-order valence-electron chi connectivity index (χ0n) is 10.5. The quantitative estimate of drug-likeness (QED) is 0.574. The summed E-state index contributed by atoms with van der Waals surface area (Å²) in [7, 11) is -4.53. The fourth-order valence-electron chi connectivity index (χ4n) is 0.323. The highest BCUT2D eigenvalue weighted by atomic mass is 32.2. The monoisotopic (exact) mass is 186 g/mol. The van der Waals surface area contributed by atoms with Crippen molar-refractivity contribution in [1.29, 1.82) is 0 Å². The van der Waals surface area contributed by atoms with Gasteiger partial charge in [0.15, 0.2) is 0 Å². The van der Waals surface area contributed by atoms with Crippen LogP contribution in [-0.4, -0.2) is 31.2 Å². The highest BCUT2D eigenvalue weighted by Crippen LogP contribution is 1.85. The molecule has 0 aromatic rings. The third kappa shape index (κ3) is 9.38. The maximum Gasteiger partial charge on any atom is 0.264 e. The molecule has 0 bridgehead atoms. The average Bonchev–Trinajstić information content (AvgIpc) is 1.93. The van der Waals surface area contributed by atoms with Crippen molar-refractivity contribution < 1.29 is 24.6 Å². The van der Waals surface area contributed by atoms with Crippen LogP contribution in [0.4, 0.5) is 0 Å². The van der Waals surface area contributed by atoms with Crippen molar-refractivity contribution in [3.63, 3.8) is 0 Å². The van der Waals surface area contributed by atoms with Crippen molar-refractivity contribution in [2.45, 2.75) is 13.2 Å². The van der Waals surface area contributed by atoms with Gasteiger partial charge in [-0.15, -0.1) is 0 Å². The minimum Gasteiger partial charge on any atom is -0.356 e. The van der Waals surface area contributed by atoms with Crippen LogP contribution in [0.1, 0.15) is 20.1 Å². The first kappa shape index (κ1) is 4.42. The van der Waals surface area contributed by atoms with Crippen molar-refractivity contribution in [2.24, 2.45) is 0 Å². The second-order valence-electron chi connectivity index (χ2n) is 1.66. The van der Waals surface area contributed by atoms with E-state index in [1.165, 1.54) is 0 Å². The molecule has 0 saturated carbocycles. The molecule has 0 aromatic heterocycles. The number of carbonyl (C=O) groups is 1. The Bertz CT molecular complexity index is 362. The molecule has 0 aliphatic carbocycles. The summed E-state index contributed by atoms with van der Waals surface area (Å²) in [6, 6.07) is 0. The molecule has 0 radical (unpaired) electrons. The number of carbonyl (C=O) groups excluding carboxylic acids is 1. The molecular weight excluding hydrogens is 170 g/mol. The summed E-state index contributed by atoms with van der Waals surface area (Å²) in [5.74, 6) is -2.60. The standard InChI is InChI=1S/C5H11NO4S/c1-5(7)6-3-2-4-11(8,9)10/h2-4H2,1H3,(H,6,7)(H,8,9,10)/i1D3,2D2. The molecule has 0 unspecified atom stereocenters. The van der Waals surface area contributed by atoms with Gasteiger partial charge in [0.05, 0.1) is 5.75 Å². The first-order chi connectivity index (χ1) is 6.83. The number of hydrogen-bond donors (Lipinski definition) is 2. The average molecular weight is 186 g/mol. The SMILES string of the molecule is [2H]C([2H])(CNC(=O)C([2H])([2H])[2H])CS(=O)(=O)O. The molecule has 66 valence electrons. The lowest BCUT2D eigenvalue weighted by atomic mass is 10.5. The molecule has 2 N–H and O–H groups in total. The van der Waals surface area contributed by atoms with Crippen LogP contribution in [0, 0.1) is 0 Å². The van der Waals surface area contributed by atoms with E-state index in [2.05, 4.69) is 0 Å². The van der Waals surface area contributed by atoms with Crippen molar-refractivity contribution in [1.82, 2.24) is 5.32 Å². The molecule has 0 aliphatic heterocycles. The second-order valence-corrected chi connectivity index (χ2v) is 3.11. The van der Waals surface area contributed by atoms with Gasteiger partial charge in [0.2, 0.25) is 5.91 Å². The molecule has 0 aliphatic rings. The van der Waals surface area contributed by atoms with E-state index >= 15 is 0 Å². The number of amides is 1. The highest BCUT2D eigenvalue weighted by molar-refractivity contribution is 7.85. The van der Waals surface area contributed by atoms with E-state index in [-0.39, 0.29) is 0 Å². The summed E-state index contributed by atoms with van der Waals surface area (Å²) in [4.78, 5) is 10.8. The summed E-state index contributed by atoms with van der Waals surface area (Å²) < 4.78 is 63.3. The summed E-state index contributed by atoms with van der Waals surface area (Å²) in [6.45, 7) is -3.74. The summed E-state index contributed by atoms with van der Waals surface area (Å²) >= 11 is 0. The predicted octanol–water partition coefficient (Wildman–Crippen LogP) is -0.600. The van der Waals surface area contributed by atoms with E-state index < -0.39 is 41.5 Å². The Kier molecular flexibility index (Phi) is 1.73. The molecule has 0 rings (SSSR count). The Morgan fingerprint density at radius 2 is 2.45 bits per heavy atom. The molecule has 0 saturated heterocycles. The van der Waals surface area contributed by atoms with Gasteiger partial charge in [0.1, 0.15) is 0 Å². The Balaban J connectivity index is 4.36. The van der Waals surface area contributed by atoms with Crippen LogP contribution in [0.3, 0.4) is 0 Å². The van der Waals surface area contributed by atoms with Gasteiger partial charge >= 0.3 is 0 Å². The second kappa shape index (κ2) is 4.30. The molecule has 0 heterocycles. The van der Waals surface area contributed by atoms with Gasteiger partial charge < -0.3 is 5.32 Å². The third-order valence-corrected chi connectivity index (χ3v) is 1.23. The van der Waals surface area contributed by atoms with Crippen molar-refractivity contribution >= 4 is 16.0 Å². The van der Waals surface area contributed by atoms with Crippen molar-refractivity contribution in [3.05, 3.63) is 0 Å². The normalized spacial score (nSPS) is 20.3. The van der Waals surface area contributed by atoms with Crippen LogP contribution in [0.2, 0.25) is 0 Å². The molecule has 0 spiro atoms. The van der Waals surface area contributed by atoms with Crippen LogP contribution >= 0.6 is 0 Å². The molecule has 11 heavy (non-hydrogen) atoms. The fourth-order valence-corrected chi connectivity index (χ4v) is 0.683. The van der Waals surface area contributed by atoms with E-state index in [4.69, 9.17) is 11.4 Å². The van der Waals surface area contributed by atoms with E-state index in [0.717, 1.165) is 0 Å². The number of rotatable bonds is 4. The van der Waals surface area contributed by atoms with Crippen molar-refractivity contribution in [3.8, 4) is 0 Å².